The molecule has 2 N–H and O–H groups in total. The van der Waals surface area contributed by atoms with Crippen LogP contribution in [0.5, 0.6) is 0 Å². The molecule has 0 aromatic heterocycles. The second-order valence-corrected chi connectivity index (χ2v) is 3.02. The highest BCUT2D eigenvalue weighted by Crippen LogP contribution is 2.17. The summed E-state index contributed by atoms with van der Waals surface area (Å²) in [7, 11) is 0. The summed E-state index contributed by atoms with van der Waals surface area (Å²) < 4.78 is 38.0. The summed E-state index contributed by atoms with van der Waals surface area (Å²) in [5, 5.41) is 10.9. The van der Waals surface area contributed by atoms with Crippen LogP contribution >= 0.6 is 0 Å². The second-order valence-electron chi connectivity index (χ2n) is 3.02. The quantitative estimate of drug-likeness (QED) is 0.616. The van der Waals surface area contributed by atoms with Crippen LogP contribution in [0.25, 0.3) is 0 Å². The maximum absolute atomic E-state index is 12.7. The van der Waals surface area contributed by atoms with E-state index < -0.39 is 23.4 Å². The summed E-state index contributed by atoms with van der Waals surface area (Å²) in [5.74, 6) is -5.48. The molecule has 0 heterocycles. The molecule has 0 saturated heterocycles. The van der Waals surface area contributed by atoms with Crippen molar-refractivity contribution in [2.24, 2.45) is 0 Å². The molecule has 0 fully saturated rings. The lowest BCUT2D eigenvalue weighted by Crippen LogP contribution is -2.11. The zero-order chi connectivity index (χ0) is 12.3. The first-order valence-corrected chi connectivity index (χ1v) is 4.21. The molecule has 3 nitrogen and oxygen atoms in total. The van der Waals surface area contributed by atoms with Crippen molar-refractivity contribution in [3.05, 3.63) is 41.7 Å². The number of carboxylic acids is 1. The number of benzene rings is 1. The van der Waals surface area contributed by atoms with Crippen LogP contribution in [0, 0.1) is 17.5 Å². The fourth-order valence-corrected chi connectivity index (χ4v) is 0.942. The number of hydrogen-bond acceptors (Lipinski definition) is 2. The molecular formula is C10H8F3NO2. The zero-order valence-electron chi connectivity index (χ0n) is 8.06. The van der Waals surface area contributed by atoms with Gasteiger partial charge in [0.2, 0.25) is 0 Å². The zero-order valence-corrected chi connectivity index (χ0v) is 8.06. The normalized spacial score (nSPS) is 9.94. The molecule has 0 bridgehead atoms. The van der Waals surface area contributed by atoms with E-state index in [-0.39, 0.29) is 17.8 Å². The lowest BCUT2D eigenvalue weighted by atomic mass is 10.2. The number of rotatable bonds is 4. The fourth-order valence-electron chi connectivity index (χ4n) is 0.942. The Kier molecular flexibility index (Phi) is 3.55. The van der Waals surface area contributed by atoms with Gasteiger partial charge in [0.15, 0.2) is 17.5 Å². The number of aliphatic carboxylic acids is 1. The molecule has 0 aliphatic carbocycles. The van der Waals surface area contributed by atoms with Crippen LogP contribution in [0.3, 0.4) is 0 Å². The van der Waals surface area contributed by atoms with E-state index in [9.17, 15) is 18.0 Å². The lowest BCUT2D eigenvalue weighted by molar-refractivity contribution is -0.132. The van der Waals surface area contributed by atoms with Crippen molar-refractivity contribution in [3.8, 4) is 0 Å². The summed E-state index contributed by atoms with van der Waals surface area (Å²) in [4.78, 5) is 10.4. The Hall–Kier alpha value is -1.98. The first-order chi connectivity index (χ1) is 7.41. The van der Waals surface area contributed by atoms with Gasteiger partial charge >= 0.3 is 5.97 Å². The van der Waals surface area contributed by atoms with E-state index in [0.29, 0.717) is 0 Å². The highest BCUT2D eigenvalue weighted by Gasteiger charge is 2.11. The van der Waals surface area contributed by atoms with Crippen molar-refractivity contribution in [1.82, 2.24) is 0 Å². The molecule has 0 aliphatic heterocycles. The van der Waals surface area contributed by atoms with Gasteiger partial charge in [-0.25, -0.2) is 18.0 Å². The molecule has 0 atom stereocenters. The van der Waals surface area contributed by atoms with E-state index in [2.05, 4.69) is 11.9 Å². The largest absolute Gasteiger partial charge is 0.478 e. The van der Waals surface area contributed by atoms with E-state index in [1.165, 1.54) is 0 Å². The second kappa shape index (κ2) is 4.69. The van der Waals surface area contributed by atoms with Crippen molar-refractivity contribution in [1.29, 1.82) is 0 Å². The van der Waals surface area contributed by atoms with Gasteiger partial charge in [-0.3, -0.25) is 0 Å². The average Bonchev–Trinajstić information content (AvgIpc) is 2.22. The van der Waals surface area contributed by atoms with Gasteiger partial charge in [-0.05, 0) is 0 Å². The van der Waals surface area contributed by atoms with Gasteiger partial charge in [0.1, 0.15) is 0 Å². The van der Waals surface area contributed by atoms with Crippen molar-refractivity contribution in [3.63, 3.8) is 0 Å². The molecule has 1 aromatic carbocycles. The van der Waals surface area contributed by atoms with Crippen LogP contribution in [-0.4, -0.2) is 17.6 Å². The van der Waals surface area contributed by atoms with Crippen LogP contribution in [0.2, 0.25) is 0 Å². The molecule has 1 aromatic rings. The minimum absolute atomic E-state index is 0.0567. The third kappa shape index (κ3) is 2.75. The van der Waals surface area contributed by atoms with Gasteiger partial charge in [0, 0.05) is 29.9 Å². The third-order valence-electron chi connectivity index (χ3n) is 1.79. The maximum Gasteiger partial charge on any atom is 0.332 e. The summed E-state index contributed by atoms with van der Waals surface area (Å²) in [5.41, 5.74) is -0.232. The predicted molar refractivity (Wildman–Crippen MR) is 51.6 cm³/mol. The molecule has 0 saturated carbocycles. The minimum atomic E-state index is -1.57. The summed E-state index contributed by atoms with van der Waals surface area (Å²) in [6.45, 7) is 3.01. The Bertz CT molecular complexity index is 423. The van der Waals surface area contributed by atoms with E-state index in [0.717, 1.165) is 12.1 Å². The van der Waals surface area contributed by atoms with Crippen LogP contribution < -0.4 is 5.32 Å². The van der Waals surface area contributed by atoms with Gasteiger partial charge in [0.25, 0.3) is 0 Å². The highest BCUT2D eigenvalue weighted by molar-refractivity contribution is 5.86. The Labute approximate surface area is 89.2 Å². The van der Waals surface area contributed by atoms with Crippen molar-refractivity contribution in [2.75, 3.05) is 11.9 Å². The molecule has 86 valence electrons. The van der Waals surface area contributed by atoms with Gasteiger partial charge in [0.05, 0.1) is 0 Å². The molecule has 0 amide bonds. The number of carboxylic acid groups (broad SMARTS) is 1. The summed E-state index contributed by atoms with van der Waals surface area (Å²) in [6.07, 6.45) is 0. The van der Waals surface area contributed by atoms with E-state index in [4.69, 9.17) is 5.11 Å². The molecule has 0 aliphatic rings. The van der Waals surface area contributed by atoms with Gasteiger partial charge in [-0.2, -0.15) is 0 Å². The minimum Gasteiger partial charge on any atom is -0.478 e. The highest BCUT2D eigenvalue weighted by atomic mass is 19.2. The molecular weight excluding hydrogens is 223 g/mol. The van der Waals surface area contributed by atoms with Crippen molar-refractivity contribution >= 4 is 11.7 Å². The van der Waals surface area contributed by atoms with Crippen LogP contribution in [-0.2, 0) is 4.79 Å². The molecule has 1 rings (SSSR count). The van der Waals surface area contributed by atoms with Crippen LogP contribution in [0.1, 0.15) is 0 Å². The number of anilines is 1. The van der Waals surface area contributed by atoms with Crippen molar-refractivity contribution in [2.45, 2.75) is 0 Å². The van der Waals surface area contributed by atoms with Gasteiger partial charge < -0.3 is 10.4 Å². The monoisotopic (exact) mass is 231 g/mol. The Morgan fingerprint density at radius 1 is 1.31 bits per heavy atom. The first-order valence-electron chi connectivity index (χ1n) is 4.21. The standard InChI is InChI=1S/C10H8F3NO2/c1-5(10(15)16)4-14-6-2-7(11)9(13)8(12)3-6/h2-3,14H,1,4H2,(H,15,16). The summed E-state index contributed by atoms with van der Waals surface area (Å²) in [6, 6.07) is 1.46. The van der Waals surface area contributed by atoms with E-state index >= 15 is 0 Å². The van der Waals surface area contributed by atoms with Crippen LogP contribution in [0.4, 0.5) is 18.9 Å². The molecule has 0 unspecified atom stereocenters. The molecule has 0 radical (unpaired) electrons. The van der Waals surface area contributed by atoms with E-state index in [1.807, 2.05) is 0 Å². The van der Waals surface area contributed by atoms with Crippen LogP contribution in [0.15, 0.2) is 24.3 Å². The van der Waals surface area contributed by atoms with Crippen molar-refractivity contribution < 1.29 is 23.1 Å². The maximum atomic E-state index is 12.7. The van der Waals surface area contributed by atoms with Gasteiger partial charge in [-0.15, -0.1) is 0 Å². The Morgan fingerprint density at radius 2 is 1.81 bits per heavy atom. The lowest BCUT2D eigenvalue weighted by Gasteiger charge is -2.06. The molecule has 16 heavy (non-hydrogen) atoms. The Balaban J connectivity index is 2.76. The molecule has 0 spiro atoms. The average molecular weight is 231 g/mol. The smallest absolute Gasteiger partial charge is 0.332 e. The topological polar surface area (TPSA) is 49.3 Å². The first kappa shape index (κ1) is 12.1. The van der Waals surface area contributed by atoms with Gasteiger partial charge in [-0.1, -0.05) is 6.58 Å². The summed E-state index contributed by atoms with van der Waals surface area (Å²) >= 11 is 0. The number of hydrogen-bond donors (Lipinski definition) is 2. The molecule has 6 heteroatoms. The predicted octanol–water partition coefficient (Wildman–Crippen LogP) is 2.16. The SMILES string of the molecule is C=C(CNc1cc(F)c(F)c(F)c1)C(=O)O. The number of halogens is 3. The number of nitrogens with one attached hydrogen (secondary N) is 1. The third-order valence-corrected chi connectivity index (χ3v) is 1.79. The van der Waals surface area contributed by atoms with E-state index in [1.54, 1.807) is 0 Å². The number of carbonyl (C=O) groups is 1. The fraction of sp³-hybridized carbons (Fsp3) is 0.100. The Morgan fingerprint density at radius 3 is 2.25 bits per heavy atom.